The molecule has 0 N–H and O–H groups in total. The molecule has 0 nitrogen and oxygen atoms in total. The van der Waals surface area contributed by atoms with Gasteiger partial charge in [-0.3, -0.25) is 0 Å². The molecule has 21 heavy (non-hydrogen) atoms. The van der Waals surface area contributed by atoms with Crippen LogP contribution in [0.25, 0.3) is 0 Å². The van der Waals surface area contributed by atoms with Gasteiger partial charge < -0.3 is 0 Å². The Kier molecular flexibility index (Phi) is 15.9. The second-order valence-corrected chi connectivity index (χ2v) is 7.24. The number of unbranched alkanes of at least 4 members (excludes halogenated alkanes) is 10. The summed E-state index contributed by atoms with van der Waals surface area (Å²) in [5, 5.41) is 0. The summed E-state index contributed by atoms with van der Waals surface area (Å²) in [4.78, 5) is 0. The molecule has 0 radical (unpaired) electrons. The number of allylic oxidation sites excluding steroid dienone is 2. The largest absolute Gasteiger partial charge is 0.0885 e. The summed E-state index contributed by atoms with van der Waals surface area (Å²) in [6, 6.07) is 0. The summed E-state index contributed by atoms with van der Waals surface area (Å²) >= 11 is 0. The second kappa shape index (κ2) is 16.1. The lowest BCUT2D eigenvalue weighted by Crippen LogP contribution is -2.03. The van der Waals surface area contributed by atoms with Crippen LogP contribution in [0.15, 0.2) is 12.2 Å². The van der Waals surface area contributed by atoms with E-state index in [1.165, 1.54) is 83.5 Å². The highest BCUT2D eigenvalue weighted by Gasteiger charge is 2.05. The van der Waals surface area contributed by atoms with E-state index in [1.54, 1.807) is 0 Å². The van der Waals surface area contributed by atoms with E-state index in [0.717, 1.165) is 11.8 Å². The van der Waals surface area contributed by atoms with E-state index in [1.807, 2.05) is 0 Å². The van der Waals surface area contributed by atoms with Gasteiger partial charge in [-0.25, -0.2) is 0 Å². The predicted octanol–water partition coefficient (Wildman–Crippen LogP) is 7.93. The van der Waals surface area contributed by atoms with Crippen LogP contribution in [-0.2, 0) is 0 Å². The van der Waals surface area contributed by atoms with Crippen molar-refractivity contribution in [2.75, 3.05) is 0 Å². The van der Waals surface area contributed by atoms with Crippen molar-refractivity contribution in [3.05, 3.63) is 12.2 Å². The minimum atomic E-state index is 0.856. The van der Waals surface area contributed by atoms with Crippen molar-refractivity contribution in [1.29, 1.82) is 0 Å². The molecule has 0 fully saturated rings. The highest BCUT2D eigenvalue weighted by atomic mass is 14.1. The first-order valence-corrected chi connectivity index (χ1v) is 9.83. The van der Waals surface area contributed by atoms with Gasteiger partial charge in [0.15, 0.2) is 0 Å². The lowest BCUT2D eigenvalue weighted by Gasteiger charge is -2.14. The average molecular weight is 295 g/mol. The van der Waals surface area contributed by atoms with Gasteiger partial charge in [0, 0.05) is 0 Å². The molecule has 1 unspecified atom stereocenters. The standard InChI is InChI=1S/C21H42/c1-5-6-7-8-9-10-11-12-13-14-15-16-17-18-19-21(4)20(2)3/h12-13,20-21H,5-11,14-19H2,1-4H3/b13-12-. The molecule has 0 aliphatic rings. The van der Waals surface area contributed by atoms with Crippen LogP contribution in [-0.4, -0.2) is 0 Å². The van der Waals surface area contributed by atoms with E-state index in [4.69, 9.17) is 0 Å². The first-order valence-electron chi connectivity index (χ1n) is 9.83. The number of hydrogen-bond acceptors (Lipinski definition) is 0. The zero-order chi connectivity index (χ0) is 15.8. The van der Waals surface area contributed by atoms with E-state index in [0.29, 0.717) is 0 Å². The normalized spacial score (nSPS) is 13.4. The van der Waals surface area contributed by atoms with Gasteiger partial charge in [0.25, 0.3) is 0 Å². The molecule has 0 heterocycles. The van der Waals surface area contributed by atoms with Crippen molar-refractivity contribution in [3.8, 4) is 0 Å². The first kappa shape index (κ1) is 20.7. The maximum absolute atomic E-state index is 2.42. The molecule has 0 aromatic carbocycles. The average Bonchev–Trinajstić information content (AvgIpc) is 2.47. The van der Waals surface area contributed by atoms with Gasteiger partial charge in [-0.05, 0) is 37.5 Å². The first-order chi connectivity index (χ1) is 10.2. The number of rotatable bonds is 15. The Hall–Kier alpha value is -0.260. The van der Waals surface area contributed by atoms with Crippen LogP contribution in [0.4, 0.5) is 0 Å². The third-order valence-corrected chi connectivity index (χ3v) is 4.81. The highest BCUT2D eigenvalue weighted by Crippen LogP contribution is 2.18. The van der Waals surface area contributed by atoms with E-state index in [2.05, 4.69) is 39.8 Å². The second-order valence-electron chi connectivity index (χ2n) is 7.24. The van der Waals surface area contributed by atoms with Gasteiger partial charge >= 0.3 is 0 Å². The Morgan fingerprint density at radius 1 is 0.619 bits per heavy atom. The quantitative estimate of drug-likeness (QED) is 0.212. The Balaban J connectivity index is 3.15. The summed E-state index contributed by atoms with van der Waals surface area (Å²) in [6.45, 7) is 9.38. The zero-order valence-electron chi connectivity index (χ0n) is 15.5. The molecule has 0 spiro atoms. The van der Waals surface area contributed by atoms with Gasteiger partial charge in [0.05, 0.1) is 0 Å². The molecule has 0 aliphatic heterocycles. The fourth-order valence-electron chi connectivity index (χ4n) is 2.69. The Labute approximate surface area is 135 Å². The van der Waals surface area contributed by atoms with Crippen molar-refractivity contribution >= 4 is 0 Å². The summed E-state index contributed by atoms with van der Waals surface area (Å²) in [7, 11) is 0. The SMILES string of the molecule is CCCCCCCC/C=C\CCCCCCC(C)C(C)C. The van der Waals surface area contributed by atoms with Crippen molar-refractivity contribution < 1.29 is 0 Å². The van der Waals surface area contributed by atoms with Crippen LogP contribution < -0.4 is 0 Å². The van der Waals surface area contributed by atoms with E-state index in [-0.39, 0.29) is 0 Å². The summed E-state index contributed by atoms with van der Waals surface area (Å²) in [5.74, 6) is 1.76. The monoisotopic (exact) mass is 294 g/mol. The highest BCUT2D eigenvalue weighted by molar-refractivity contribution is 4.81. The van der Waals surface area contributed by atoms with E-state index < -0.39 is 0 Å². The minimum Gasteiger partial charge on any atom is -0.0885 e. The third kappa shape index (κ3) is 15.9. The lowest BCUT2D eigenvalue weighted by atomic mass is 9.92. The van der Waals surface area contributed by atoms with Crippen LogP contribution >= 0.6 is 0 Å². The summed E-state index contributed by atoms with van der Waals surface area (Å²) < 4.78 is 0. The molecule has 0 aromatic rings. The van der Waals surface area contributed by atoms with E-state index >= 15 is 0 Å². The molecular formula is C21H42. The molecule has 0 saturated carbocycles. The number of hydrogen-bond donors (Lipinski definition) is 0. The van der Waals surface area contributed by atoms with Gasteiger partial charge in [-0.2, -0.15) is 0 Å². The van der Waals surface area contributed by atoms with Crippen LogP contribution in [0.3, 0.4) is 0 Å². The van der Waals surface area contributed by atoms with Crippen LogP contribution in [0.2, 0.25) is 0 Å². The zero-order valence-corrected chi connectivity index (χ0v) is 15.5. The molecule has 0 amide bonds. The molecule has 0 aliphatic carbocycles. The molecule has 0 bridgehead atoms. The van der Waals surface area contributed by atoms with Crippen LogP contribution in [0, 0.1) is 11.8 Å². The van der Waals surface area contributed by atoms with Crippen LogP contribution in [0.1, 0.15) is 111 Å². The maximum atomic E-state index is 2.42. The molecule has 126 valence electrons. The third-order valence-electron chi connectivity index (χ3n) is 4.81. The van der Waals surface area contributed by atoms with Crippen molar-refractivity contribution in [2.24, 2.45) is 11.8 Å². The molecule has 0 aromatic heterocycles. The van der Waals surface area contributed by atoms with Gasteiger partial charge in [-0.1, -0.05) is 97.6 Å². The lowest BCUT2D eigenvalue weighted by molar-refractivity contribution is 0.375. The predicted molar refractivity (Wildman–Crippen MR) is 98.8 cm³/mol. The fourth-order valence-corrected chi connectivity index (χ4v) is 2.69. The fraction of sp³-hybridized carbons (Fsp3) is 0.905. The minimum absolute atomic E-state index is 0.856. The summed E-state index contributed by atoms with van der Waals surface area (Å²) in [5.41, 5.74) is 0. The Morgan fingerprint density at radius 3 is 1.62 bits per heavy atom. The van der Waals surface area contributed by atoms with Gasteiger partial charge in [0.2, 0.25) is 0 Å². The molecular weight excluding hydrogens is 252 g/mol. The maximum Gasteiger partial charge on any atom is -0.0351 e. The molecule has 1 atom stereocenters. The van der Waals surface area contributed by atoms with Gasteiger partial charge in [-0.15, -0.1) is 0 Å². The van der Waals surface area contributed by atoms with Gasteiger partial charge in [0.1, 0.15) is 0 Å². The topological polar surface area (TPSA) is 0 Å². The van der Waals surface area contributed by atoms with Crippen molar-refractivity contribution in [2.45, 2.75) is 111 Å². The molecule has 0 rings (SSSR count). The molecule has 0 saturated heterocycles. The van der Waals surface area contributed by atoms with Crippen molar-refractivity contribution in [1.82, 2.24) is 0 Å². The Morgan fingerprint density at radius 2 is 1.10 bits per heavy atom. The van der Waals surface area contributed by atoms with E-state index in [9.17, 15) is 0 Å². The summed E-state index contributed by atoms with van der Waals surface area (Å²) in [6.07, 6.45) is 23.0. The van der Waals surface area contributed by atoms with Crippen LogP contribution in [0.5, 0.6) is 0 Å². The Bertz CT molecular complexity index is 214. The van der Waals surface area contributed by atoms with Crippen molar-refractivity contribution in [3.63, 3.8) is 0 Å². The molecule has 0 heteroatoms. The smallest absolute Gasteiger partial charge is 0.0351 e.